The zero-order chi connectivity index (χ0) is 21.3. The molecule has 0 radical (unpaired) electrons. The van der Waals surface area contributed by atoms with Crippen LogP contribution in [0.25, 0.3) is 0 Å². The molecule has 1 N–H and O–H groups in total. The topological polar surface area (TPSA) is 96.0 Å². The first-order valence-corrected chi connectivity index (χ1v) is 11.2. The van der Waals surface area contributed by atoms with Gasteiger partial charge in [0.2, 0.25) is 10.0 Å². The largest absolute Gasteiger partial charge is 0.494 e. The fourth-order valence-electron chi connectivity index (χ4n) is 3.77. The van der Waals surface area contributed by atoms with Crippen LogP contribution in [0.4, 0.5) is 4.39 Å². The smallest absolute Gasteiger partial charge is 0.253 e. The normalized spacial score (nSPS) is 24.3. The van der Waals surface area contributed by atoms with Crippen molar-refractivity contribution in [2.45, 2.75) is 32.4 Å². The van der Waals surface area contributed by atoms with E-state index in [1.165, 1.54) is 19.2 Å². The summed E-state index contributed by atoms with van der Waals surface area (Å²) in [4.78, 5) is 27.2. The van der Waals surface area contributed by atoms with Gasteiger partial charge in [-0.05, 0) is 30.5 Å². The molecule has 2 atom stereocenters. The van der Waals surface area contributed by atoms with Gasteiger partial charge < -0.3 is 10.1 Å². The molecule has 2 fully saturated rings. The summed E-state index contributed by atoms with van der Waals surface area (Å²) in [5, 5.41) is 2.83. The lowest BCUT2D eigenvalue weighted by atomic mass is 10.1. The third-order valence-corrected chi connectivity index (χ3v) is 6.89. The number of rotatable bonds is 5. The van der Waals surface area contributed by atoms with Crippen molar-refractivity contribution in [2.75, 3.05) is 32.5 Å². The minimum atomic E-state index is -3.64. The van der Waals surface area contributed by atoms with E-state index in [1.54, 1.807) is 4.90 Å². The summed E-state index contributed by atoms with van der Waals surface area (Å²) in [7, 11) is -2.30. The Morgan fingerprint density at radius 3 is 2.72 bits per heavy atom. The number of benzene rings is 1. The molecule has 0 unspecified atom stereocenters. The molecule has 1 aromatic carbocycles. The van der Waals surface area contributed by atoms with Crippen LogP contribution in [0.3, 0.4) is 0 Å². The van der Waals surface area contributed by atoms with Crippen LogP contribution in [0, 0.1) is 11.7 Å². The number of ether oxygens (including phenoxy) is 1. The first-order valence-electron chi connectivity index (χ1n) is 9.55. The van der Waals surface area contributed by atoms with E-state index in [0.717, 1.165) is 10.4 Å². The molecule has 0 bridgehead atoms. The molecule has 10 heteroatoms. The molecule has 2 aliphatic rings. The second-order valence-electron chi connectivity index (χ2n) is 7.85. The number of carbonyl (C=O) groups excluding carboxylic acids is 2. The Morgan fingerprint density at radius 2 is 2.10 bits per heavy atom. The van der Waals surface area contributed by atoms with Crippen molar-refractivity contribution < 1.29 is 27.1 Å². The highest BCUT2D eigenvalue weighted by molar-refractivity contribution is 7.89. The Kier molecular flexibility index (Phi) is 6.13. The lowest BCUT2D eigenvalue weighted by molar-refractivity contribution is -0.130. The van der Waals surface area contributed by atoms with Gasteiger partial charge in [0.25, 0.3) is 11.8 Å². The van der Waals surface area contributed by atoms with Gasteiger partial charge in [-0.1, -0.05) is 13.8 Å². The van der Waals surface area contributed by atoms with Gasteiger partial charge in [0.15, 0.2) is 11.6 Å². The van der Waals surface area contributed by atoms with Crippen LogP contribution in [0.2, 0.25) is 0 Å². The van der Waals surface area contributed by atoms with E-state index in [2.05, 4.69) is 5.32 Å². The Morgan fingerprint density at radius 1 is 1.38 bits per heavy atom. The standard InChI is InChI=1S/C19H26FN3O5S/c1-12(2)10-23-19(25)16-9-14(11-22(16)6-7-29(23,26)27)21-18(24)13-4-5-17(28-3)15(20)8-13/h4-5,8,12,14,16H,6-7,9-11H2,1-3H3,(H,21,24)/t14-,16-/m0/s1. The minimum absolute atomic E-state index is 0.0159. The number of fused-ring (bicyclic) bond motifs is 1. The number of nitrogens with zero attached hydrogens (tertiary/aromatic N) is 2. The molecule has 0 spiro atoms. The number of halogens is 1. The summed E-state index contributed by atoms with van der Waals surface area (Å²) >= 11 is 0. The van der Waals surface area contributed by atoms with E-state index in [4.69, 9.17) is 4.74 Å². The summed E-state index contributed by atoms with van der Waals surface area (Å²) in [5.41, 5.74) is 0.153. The lowest BCUT2D eigenvalue weighted by Gasteiger charge is -2.25. The Balaban J connectivity index is 1.71. The maximum Gasteiger partial charge on any atom is 0.253 e. The Bertz CT molecular complexity index is 905. The van der Waals surface area contributed by atoms with Crippen molar-refractivity contribution in [3.05, 3.63) is 29.6 Å². The quantitative estimate of drug-likeness (QED) is 0.748. The lowest BCUT2D eigenvalue weighted by Crippen LogP contribution is -2.45. The zero-order valence-electron chi connectivity index (χ0n) is 16.7. The molecule has 3 rings (SSSR count). The second kappa shape index (κ2) is 8.27. The molecular weight excluding hydrogens is 401 g/mol. The van der Waals surface area contributed by atoms with Gasteiger partial charge in [-0.15, -0.1) is 0 Å². The first-order chi connectivity index (χ1) is 13.6. The molecule has 29 heavy (non-hydrogen) atoms. The number of carbonyl (C=O) groups is 2. The van der Waals surface area contributed by atoms with Crippen LogP contribution >= 0.6 is 0 Å². The first kappa shape index (κ1) is 21.5. The second-order valence-corrected chi connectivity index (χ2v) is 9.86. The summed E-state index contributed by atoms with van der Waals surface area (Å²) in [6, 6.07) is 3.02. The number of amides is 2. The summed E-state index contributed by atoms with van der Waals surface area (Å²) in [5.74, 6) is -1.59. The Hall–Kier alpha value is -2.20. The van der Waals surface area contributed by atoms with Crippen molar-refractivity contribution in [1.82, 2.24) is 14.5 Å². The maximum absolute atomic E-state index is 13.9. The van der Waals surface area contributed by atoms with Crippen molar-refractivity contribution in [3.63, 3.8) is 0 Å². The van der Waals surface area contributed by atoms with Crippen LogP contribution in [0.5, 0.6) is 5.75 Å². The van der Waals surface area contributed by atoms with Crippen molar-refractivity contribution in [3.8, 4) is 5.75 Å². The molecule has 2 amide bonds. The molecule has 0 saturated carbocycles. The van der Waals surface area contributed by atoms with Crippen LogP contribution in [-0.2, 0) is 14.8 Å². The van der Waals surface area contributed by atoms with E-state index < -0.39 is 33.7 Å². The molecule has 160 valence electrons. The Labute approximate surface area is 170 Å². The van der Waals surface area contributed by atoms with Crippen molar-refractivity contribution >= 4 is 21.8 Å². The van der Waals surface area contributed by atoms with Crippen LogP contribution < -0.4 is 10.1 Å². The van der Waals surface area contributed by atoms with Gasteiger partial charge >= 0.3 is 0 Å². The van der Waals surface area contributed by atoms with Gasteiger partial charge in [0, 0.05) is 31.2 Å². The van der Waals surface area contributed by atoms with Crippen LogP contribution in [-0.4, -0.2) is 74.0 Å². The number of hydrogen-bond donors (Lipinski definition) is 1. The molecule has 0 aromatic heterocycles. The van der Waals surface area contributed by atoms with Crippen LogP contribution in [0.1, 0.15) is 30.6 Å². The van der Waals surface area contributed by atoms with Gasteiger partial charge in [0.05, 0.1) is 18.9 Å². The summed E-state index contributed by atoms with van der Waals surface area (Å²) < 4.78 is 44.6. The van der Waals surface area contributed by atoms with Crippen LogP contribution in [0.15, 0.2) is 18.2 Å². The molecular formula is C19H26FN3O5S. The molecule has 1 aromatic rings. The molecule has 2 heterocycles. The van der Waals surface area contributed by atoms with E-state index in [9.17, 15) is 22.4 Å². The SMILES string of the molecule is COc1ccc(C(=O)N[C@H]2C[C@H]3C(=O)N(CC(C)C)S(=O)(=O)CCN3C2)cc1F. The number of methoxy groups -OCH3 is 1. The molecule has 0 aliphatic carbocycles. The number of nitrogens with one attached hydrogen (secondary N) is 1. The average molecular weight is 427 g/mol. The summed E-state index contributed by atoms with van der Waals surface area (Å²) in [6.07, 6.45) is 0.313. The predicted molar refractivity (Wildman–Crippen MR) is 105 cm³/mol. The highest BCUT2D eigenvalue weighted by atomic mass is 32.2. The van der Waals surface area contributed by atoms with Gasteiger partial charge in [-0.3, -0.25) is 14.5 Å². The minimum Gasteiger partial charge on any atom is -0.494 e. The zero-order valence-corrected chi connectivity index (χ0v) is 17.5. The van der Waals surface area contributed by atoms with Gasteiger partial charge in [-0.2, -0.15) is 0 Å². The predicted octanol–water partition coefficient (Wildman–Crippen LogP) is 0.835. The third-order valence-electron chi connectivity index (χ3n) is 5.19. The highest BCUT2D eigenvalue weighted by Gasteiger charge is 2.45. The molecule has 2 saturated heterocycles. The monoisotopic (exact) mass is 427 g/mol. The third kappa shape index (κ3) is 4.53. The van der Waals surface area contributed by atoms with Gasteiger partial charge in [-0.25, -0.2) is 17.1 Å². The molecule has 2 aliphatic heterocycles. The average Bonchev–Trinajstić information content (AvgIpc) is 3.03. The van der Waals surface area contributed by atoms with E-state index in [1.807, 2.05) is 13.8 Å². The number of sulfonamides is 1. The van der Waals surface area contributed by atoms with Crippen molar-refractivity contribution in [1.29, 1.82) is 0 Å². The highest BCUT2D eigenvalue weighted by Crippen LogP contribution is 2.26. The fourth-order valence-corrected chi connectivity index (χ4v) is 5.38. The molecule has 8 nitrogen and oxygen atoms in total. The van der Waals surface area contributed by atoms with E-state index in [-0.39, 0.29) is 42.1 Å². The van der Waals surface area contributed by atoms with Crippen molar-refractivity contribution in [2.24, 2.45) is 5.92 Å². The number of hydrogen-bond acceptors (Lipinski definition) is 6. The van der Waals surface area contributed by atoms with E-state index >= 15 is 0 Å². The van der Waals surface area contributed by atoms with E-state index in [0.29, 0.717) is 13.0 Å². The maximum atomic E-state index is 13.9. The fraction of sp³-hybridized carbons (Fsp3) is 0.579. The van der Waals surface area contributed by atoms with Gasteiger partial charge in [0.1, 0.15) is 0 Å². The summed E-state index contributed by atoms with van der Waals surface area (Å²) in [6.45, 7) is 4.46.